The van der Waals surface area contributed by atoms with Gasteiger partial charge in [0, 0.05) is 50.0 Å². The van der Waals surface area contributed by atoms with Crippen LogP contribution in [-0.2, 0) is 9.59 Å². The number of benzene rings is 2. The first-order valence-electron chi connectivity index (χ1n) is 9.95. The van der Waals surface area contributed by atoms with Gasteiger partial charge in [-0.1, -0.05) is 29.8 Å². The molecule has 0 aliphatic carbocycles. The predicted octanol–water partition coefficient (Wildman–Crippen LogP) is 2.67. The van der Waals surface area contributed by atoms with E-state index in [1.807, 2.05) is 29.2 Å². The molecule has 0 spiro atoms. The van der Waals surface area contributed by atoms with Crippen LogP contribution in [0.5, 0.6) is 5.75 Å². The van der Waals surface area contributed by atoms with Gasteiger partial charge < -0.3 is 19.4 Å². The molecule has 2 saturated heterocycles. The van der Waals surface area contributed by atoms with Crippen molar-refractivity contribution in [3.05, 3.63) is 59.4 Å². The van der Waals surface area contributed by atoms with E-state index in [0.717, 1.165) is 18.8 Å². The van der Waals surface area contributed by atoms with Gasteiger partial charge in [-0.3, -0.25) is 9.59 Å². The van der Waals surface area contributed by atoms with Gasteiger partial charge in [-0.05, 0) is 30.3 Å². The average molecular weight is 432 g/mol. The molecule has 2 aromatic rings. The summed E-state index contributed by atoms with van der Waals surface area (Å²) in [6, 6.07) is 13.7. The summed E-state index contributed by atoms with van der Waals surface area (Å²) in [4.78, 5) is 30.6. The topological polar surface area (TPSA) is 53.1 Å². The number of rotatable bonds is 5. The van der Waals surface area contributed by atoms with Gasteiger partial charge in [0.2, 0.25) is 5.91 Å². The van der Waals surface area contributed by atoms with Crippen LogP contribution in [0.1, 0.15) is 0 Å². The van der Waals surface area contributed by atoms with Gasteiger partial charge in [0.05, 0.1) is 5.92 Å². The third kappa shape index (κ3) is 4.51. The van der Waals surface area contributed by atoms with Crippen molar-refractivity contribution in [3.8, 4) is 5.75 Å². The number of hydrogen-bond donors (Lipinski definition) is 0. The molecule has 2 heterocycles. The molecule has 2 amide bonds. The average Bonchev–Trinajstić information content (AvgIpc) is 2.72. The van der Waals surface area contributed by atoms with Gasteiger partial charge in [-0.2, -0.15) is 0 Å². The maximum absolute atomic E-state index is 13.6. The molecule has 6 nitrogen and oxygen atoms in total. The summed E-state index contributed by atoms with van der Waals surface area (Å²) in [5, 5.41) is 0.698. The fourth-order valence-corrected chi connectivity index (χ4v) is 3.93. The maximum Gasteiger partial charge on any atom is 0.260 e. The Morgan fingerprint density at radius 3 is 2.43 bits per heavy atom. The predicted molar refractivity (Wildman–Crippen MR) is 112 cm³/mol. The summed E-state index contributed by atoms with van der Waals surface area (Å²) >= 11 is 6.06. The Morgan fingerprint density at radius 2 is 1.73 bits per heavy atom. The van der Waals surface area contributed by atoms with E-state index >= 15 is 0 Å². The molecule has 2 aliphatic rings. The highest BCUT2D eigenvalue weighted by molar-refractivity contribution is 6.30. The Kier molecular flexibility index (Phi) is 6.08. The second-order valence-corrected chi connectivity index (χ2v) is 7.94. The van der Waals surface area contributed by atoms with E-state index < -0.39 is 5.82 Å². The molecule has 2 fully saturated rings. The Labute approximate surface area is 179 Å². The van der Waals surface area contributed by atoms with Gasteiger partial charge >= 0.3 is 0 Å². The van der Waals surface area contributed by atoms with Gasteiger partial charge in [0.15, 0.2) is 18.2 Å². The lowest BCUT2D eigenvalue weighted by Crippen LogP contribution is -2.59. The molecule has 4 rings (SSSR count). The number of carbonyl (C=O) groups excluding carboxylic acids is 2. The molecule has 0 aromatic heterocycles. The Bertz CT molecular complexity index is 927. The van der Waals surface area contributed by atoms with Gasteiger partial charge in [0.1, 0.15) is 0 Å². The Hall–Kier alpha value is -2.80. The summed E-state index contributed by atoms with van der Waals surface area (Å²) in [5.74, 6) is -0.788. The largest absolute Gasteiger partial charge is 0.481 e. The van der Waals surface area contributed by atoms with E-state index in [0.29, 0.717) is 31.2 Å². The van der Waals surface area contributed by atoms with Crippen LogP contribution in [0.25, 0.3) is 0 Å². The smallest absolute Gasteiger partial charge is 0.260 e. The van der Waals surface area contributed by atoms with Crippen molar-refractivity contribution in [1.82, 2.24) is 9.80 Å². The van der Waals surface area contributed by atoms with Crippen LogP contribution in [0.2, 0.25) is 5.02 Å². The van der Waals surface area contributed by atoms with Gasteiger partial charge in [-0.25, -0.2) is 4.39 Å². The summed E-state index contributed by atoms with van der Waals surface area (Å²) in [6.45, 7) is 3.31. The zero-order chi connectivity index (χ0) is 21.1. The zero-order valence-corrected chi connectivity index (χ0v) is 17.2. The SMILES string of the molecule is O=C(COc1ccccc1F)N1CC(C(=O)N2CCN(c3cccc(Cl)c3)CC2)C1. The molecule has 2 aromatic carbocycles. The fraction of sp³-hybridized carbons (Fsp3) is 0.364. The highest BCUT2D eigenvalue weighted by Gasteiger charge is 2.38. The summed E-state index contributed by atoms with van der Waals surface area (Å²) in [5.41, 5.74) is 1.06. The number of para-hydroxylation sites is 1. The molecular weight excluding hydrogens is 409 g/mol. The molecule has 0 bridgehead atoms. The van der Waals surface area contributed by atoms with Crippen LogP contribution in [0.4, 0.5) is 10.1 Å². The van der Waals surface area contributed by atoms with E-state index in [4.69, 9.17) is 16.3 Å². The monoisotopic (exact) mass is 431 g/mol. The number of halogens is 2. The lowest BCUT2D eigenvalue weighted by Gasteiger charge is -2.43. The fourth-order valence-electron chi connectivity index (χ4n) is 3.75. The minimum Gasteiger partial charge on any atom is -0.481 e. The highest BCUT2D eigenvalue weighted by atomic mass is 35.5. The van der Waals surface area contributed by atoms with Crippen molar-refractivity contribution < 1.29 is 18.7 Å². The number of ether oxygens (including phenoxy) is 1. The normalized spacial score (nSPS) is 16.9. The van der Waals surface area contributed by atoms with Crippen LogP contribution in [-0.4, -0.2) is 67.5 Å². The lowest BCUT2D eigenvalue weighted by molar-refractivity contribution is -0.149. The quantitative estimate of drug-likeness (QED) is 0.730. The molecule has 30 heavy (non-hydrogen) atoms. The molecule has 0 atom stereocenters. The first-order valence-corrected chi connectivity index (χ1v) is 10.3. The molecule has 0 saturated carbocycles. The number of likely N-dealkylation sites (tertiary alicyclic amines) is 1. The number of nitrogens with zero attached hydrogens (tertiary/aromatic N) is 3. The minimum atomic E-state index is -0.501. The van der Waals surface area contributed by atoms with Crippen LogP contribution >= 0.6 is 11.6 Å². The first kappa shape index (κ1) is 20.5. The van der Waals surface area contributed by atoms with Crippen molar-refractivity contribution in [1.29, 1.82) is 0 Å². The van der Waals surface area contributed by atoms with Crippen molar-refractivity contribution in [2.75, 3.05) is 50.8 Å². The van der Waals surface area contributed by atoms with Gasteiger partial charge in [-0.15, -0.1) is 0 Å². The summed E-state index contributed by atoms with van der Waals surface area (Å²) in [7, 11) is 0. The standard InChI is InChI=1S/C22H23ClFN3O3/c23-17-4-3-5-18(12-17)25-8-10-26(11-9-25)22(29)16-13-27(14-16)21(28)15-30-20-7-2-1-6-19(20)24/h1-7,12,16H,8-11,13-15H2. The second-order valence-electron chi connectivity index (χ2n) is 7.51. The highest BCUT2D eigenvalue weighted by Crippen LogP contribution is 2.23. The number of anilines is 1. The third-order valence-corrected chi connectivity index (χ3v) is 5.77. The molecule has 0 radical (unpaired) electrons. The van der Waals surface area contributed by atoms with Crippen molar-refractivity contribution in [2.24, 2.45) is 5.92 Å². The Balaban J connectivity index is 1.21. The van der Waals surface area contributed by atoms with Gasteiger partial charge in [0.25, 0.3) is 5.91 Å². The van der Waals surface area contributed by atoms with E-state index in [2.05, 4.69) is 4.90 Å². The van der Waals surface area contributed by atoms with Crippen LogP contribution in [0.15, 0.2) is 48.5 Å². The number of amides is 2. The van der Waals surface area contributed by atoms with E-state index in [-0.39, 0.29) is 30.1 Å². The number of hydrogen-bond acceptors (Lipinski definition) is 4. The lowest BCUT2D eigenvalue weighted by atomic mass is 9.98. The molecule has 8 heteroatoms. The van der Waals surface area contributed by atoms with E-state index in [1.165, 1.54) is 12.1 Å². The third-order valence-electron chi connectivity index (χ3n) is 5.54. The van der Waals surface area contributed by atoms with E-state index in [9.17, 15) is 14.0 Å². The number of piperazine rings is 1. The molecule has 0 unspecified atom stereocenters. The maximum atomic E-state index is 13.6. The molecule has 0 N–H and O–H groups in total. The van der Waals surface area contributed by atoms with E-state index in [1.54, 1.807) is 17.0 Å². The molecule has 2 aliphatic heterocycles. The second kappa shape index (κ2) is 8.92. The zero-order valence-electron chi connectivity index (χ0n) is 16.5. The van der Waals surface area contributed by atoms with Crippen LogP contribution in [0, 0.1) is 11.7 Å². The van der Waals surface area contributed by atoms with Crippen molar-refractivity contribution in [3.63, 3.8) is 0 Å². The summed E-state index contributed by atoms with van der Waals surface area (Å²) < 4.78 is 18.8. The van der Waals surface area contributed by atoms with Crippen LogP contribution < -0.4 is 9.64 Å². The first-order chi connectivity index (χ1) is 14.5. The number of carbonyl (C=O) groups is 2. The van der Waals surface area contributed by atoms with Crippen molar-refractivity contribution >= 4 is 29.1 Å². The van der Waals surface area contributed by atoms with Crippen molar-refractivity contribution in [2.45, 2.75) is 0 Å². The molecular formula is C22H23ClFN3O3. The Morgan fingerprint density at radius 1 is 1.00 bits per heavy atom. The summed E-state index contributed by atoms with van der Waals surface area (Å²) in [6.07, 6.45) is 0. The minimum absolute atomic E-state index is 0.0524. The van der Waals surface area contributed by atoms with Crippen LogP contribution in [0.3, 0.4) is 0 Å². The molecule has 158 valence electrons.